The fourth-order valence-corrected chi connectivity index (χ4v) is 10.3. The van der Waals surface area contributed by atoms with Gasteiger partial charge in [-0.1, -0.05) is 135 Å². The van der Waals surface area contributed by atoms with Crippen LogP contribution in [0.4, 0.5) is 17.1 Å². The van der Waals surface area contributed by atoms with Crippen LogP contribution in [0.2, 0.25) is 0 Å². The van der Waals surface area contributed by atoms with Crippen LogP contribution in [0, 0.1) is 0 Å². The van der Waals surface area contributed by atoms with Crippen molar-refractivity contribution in [3.8, 4) is 33.4 Å². The van der Waals surface area contributed by atoms with Crippen LogP contribution in [0.5, 0.6) is 0 Å². The van der Waals surface area contributed by atoms with E-state index in [1.807, 2.05) is 0 Å². The van der Waals surface area contributed by atoms with Gasteiger partial charge in [0.05, 0.1) is 16.6 Å². The summed E-state index contributed by atoms with van der Waals surface area (Å²) in [5.41, 5.74) is 18.9. The molecule has 7 aromatic rings. The van der Waals surface area contributed by atoms with Crippen molar-refractivity contribution in [1.29, 1.82) is 0 Å². The Morgan fingerprint density at radius 2 is 0.750 bits per heavy atom. The van der Waals surface area contributed by atoms with Crippen molar-refractivity contribution in [3.05, 3.63) is 191 Å². The first-order valence-corrected chi connectivity index (χ1v) is 19.9. The second-order valence-electron chi connectivity index (χ2n) is 17.5. The fourth-order valence-electron chi connectivity index (χ4n) is 10.3. The zero-order valence-corrected chi connectivity index (χ0v) is 32.9. The van der Waals surface area contributed by atoms with Crippen LogP contribution in [0.15, 0.2) is 158 Å². The lowest BCUT2D eigenvalue weighted by molar-refractivity contribution is 0.00578. The van der Waals surface area contributed by atoms with Gasteiger partial charge in [0, 0.05) is 22.5 Å². The van der Waals surface area contributed by atoms with Gasteiger partial charge in [-0.2, -0.15) is 0 Å². The summed E-state index contributed by atoms with van der Waals surface area (Å²) in [6.07, 6.45) is 0. The van der Waals surface area contributed by atoms with Crippen LogP contribution < -0.4 is 10.4 Å². The Kier molecular flexibility index (Phi) is 6.88. The lowest BCUT2D eigenvalue weighted by Crippen LogP contribution is -2.41. The van der Waals surface area contributed by atoms with Gasteiger partial charge in [-0.25, -0.2) is 0 Å². The van der Waals surface area contributed by atoms with Gasteiger partial charge >= 0.3 is 7.12 Å². The molecular formula is C52H44BNO2. The SMILES string of the molecule is CC1(C)c2ccccc2-c2ccc(N(c3ccc(B4OC(C)(C)C(C)(C)O4)cc3)c3ccc4c(c3)C3(c5ccccc5-c5ccccc53)c3ccccc3-4)cc21. The number of hydrogen-bond acceptors (Lipinski definition) is 3. The molecule has 1 saturated heterocycles. The number of benzene rings is 7. The van der Waals surface area contributed by atoms with Gasteiger partial charge in [-0.15, -0.1) is 0 Å². The molecule has 7 aromatic carbocycles. The summed E-state index contributed by atoms with van der Waals surface area (Å²) in [5.74, 6) is 0. The van der Waals surface area contributed by atoms with Gasteiger partial charge in [0.25, 0.3) is 0 Å². The molecule has 56 heavy (non-hydrogen) atoms. The monoisotopic (exact) mass is 725 g/mol. The van der Waals surface area contributed by atoms with E-state index in [1.54, 1.807) is 0 Å². The molecule has 3 aliphatic carbocycles. The van der Waals surface area contributed by atoms with Gasteiger partial charge < -0.3 is 14.2 Å². The van der Waals surface area contributed by atoms with Crippen molar-refractivity contribution in [2.75, 3.05) is 4.90 Å². The van der Waals surface area contributed by atoms with Crippen molar-refractivity contribution in [3.63, 3.8) is 0 Å². The van der Waals surface area contributed by atoms with Crippen LogP contribution in [-0.4, -0.2) is 18.3 Å². The van der Waals surface area contributed by atoms with Gasteiger partial charge in [0.2, 0.25) is 0 Å². The van der Waals surface area contributed by atoms with Crippen LogP contribution in [-0.2, 0) is 20.1 Å². The molecule has 0 radical (unpaired) electrons. The van der Waals surface area contributed by atoms with Crippen molar-refractivity contribution < 1.29 is 9.31 Å². The average Bonchev–Trinajstić information content (AvgIpc) is 3.83. The van der Waals surface area contributed by atoms with Gasteiger partial charge in [0.1, 0.15) is 0 Å². The molecule has 1 spiro atoms. The number of fused-ring (bicyclic) bond motifs is 13. The highest BCUT2D eigenvalue weighted by Gasteiger charge is 2.53. The average molecular weight is 726 g/mol. The third-order valence-corrected chi connectivity index (χ3v) is 13.7. The van der Waals surface area contributed by atoms with E-state index < -0.39 is 23.7 Å². The first kappa shape index (κ1) is 33.6. The summed E-state index contributed by atoms with van der Waals surface area (Å²) in [5, 5.41) is 0. The van der Waals surface area contributed by atoms with Gasteiger partial charge in [-0.3, -0.25) is 0 Å². The van der Waals surface area contributed by atoms with E-state index in [2.05, 4.69) is 204 Å². The molecule has 1 heterocycles. The molecule has 0 N–H and O–H groups in total. The van der Waals surface area contributed by atoms with E-state index in [1.165, 1.54) is 66.8 Å². The molecule has 0 bridgehead atoms. The van der Waals surface area contributed by atoms with E-state index in [-0.39, 0.29) is 5.41 Å². The van der Waals surface area contributed by atoms with Crippen LogP contribution >= 0.6 is 0 Å². The van der Waals surface area contributed by atoms with E-state index in [0.29, 0.717) is 0 Å². The zero-order valence-electron chi connectivity index (χ0n) is 32.9. The Balaban J connectivity index is 1.12. The highest BCUT2D eigenvalue weighted by Crippen LogP contribution is 2.63. The Morgan fingerprint density at radius 3 is 1.25 bits per heavy atom. The molecule has 1 aliphatic heterocycles. The lowest BCUT2D eigenvalue weighted by atomic mass is 9.70. The molecule has 11 rings (SSSR count). The maximum atomic E-state index is 6.48. The summed E-state index contributed by atoms with van der Waals surface area (Å²) in [6, 6.07) is 59.0. The molecule has 0 amide bonds. The summed E-state index contributed by atoms with van der Waals surface area (Å²) in [7, 11) is -0.428. The zero-order chi connectivity index (χ0) is 38.2. The summed E-state index contributed by atoms with van der Waals surface area (Å²) in [6.45, 7) is 13.1. The van der Waals surface area contributed by atoms with E-state index in [0.717, 1.165) is 22.5 Å². The largest absolute Gasteiger partial charge is 0.494 e. The summed E-state index contributed by atoms with van der Waals surface area (Å²) < 4.78 is 13.0. The number of rotatable bonds is 4. The highest BCUT2D eigenvalue weighted by molar-refractivity contribution is 6.62. The minimum Gasteiger partial charge on any atom is -0.399 e. The van der Waals surface area contributed by atoms with Gasteiger partial charge in [-0.05, 0) is 136 Å². The molecule has 0 saturated carbocycles. The van der Waals surface area contributed by atoms with Gasteiger partial charge in [0.15, 0.2) is 0 Å². The second kappa shape index (κ2) is 11.4. The van der Waals surface area contributed by atoms with E-state index in [4.69, 9.17) is 9.31 Å². The van der Waals surface area contributed by atoms with Crippen molar-refractivity contribution >= 4 is 29.6 Å². The second-order valence-corrected chi connectivity index (χ2v) is 17.5. The fraction of sp³-hybridized carbons (Fsp3) is 0.192. The van der Waals surface area contributed by atoms with Crippen LogP contribution in [0.1, 0.15) is 74.9 Å². The standard InChI is InChI=1S/C52H44BNO2/c1-49(2)43-19-11-7-15-37(43)41-29-27-35(31-47(41)49)54(34-25-23-33(24-26-34)53-55-50(3,4)51(5,6)56-53)36-28-30-42-40-18-10-14-22-46(40)52(48(42)32-36)44-20-12-8-16-38(44)39-17-9-13-21-45(39)52/h7-32H,1-6H3. The predicted molar refractivity (Wildman–Crippen MR) is 231 cm³/mol. The lowest BCUT2D eigenvalue weighted by Gasteiger charge is -2.32. The maximum Gasteiger partial charge on any atom is 0.494 e. The smallest absolute Gasteiger partial charge is 0.399 e. The van der Waals surface area contributed by atoms with E-state index in [9.17, 15) is 0 Å². The first-order valence-electron chi connectivity index (χ1n) is 19.9. The Morgan fingerprint density at radius 1 is 0.375 bits per heavy atom. The molecule has 0 unspecified atom stereocenters. The molecule has 4 heteroatoms. The van der Waals surface area contributed by atoms with Crippen LogP contribution in [0.3, 0.4) is 0 Å². The molecule has 0 atom stereocenters. The minimum absolute atomic E-state index is 0.130. The van der Waals surface area contributed by atoms with Crippen molar-refractivity contribution in [2.24, 2.45) is 0 Å². The molecule has 272 valence electrons. The number of nitrogens with zero attached hydrogens (tertiary/aromatic N) is 1. The molecule has 1 fully saturated rings. The molecule has 4 aliphatic rings. The normalized spacial score (nSPS) is 17.9. The highest BCUT2D eigenvalue weighted by atomic mass is 16.7. The Bertz CT molecular complexity index is 2680. The Labute approximate surface area is 330 Å². The van der Waals surface area contributed by atoms with Crippen molar-refractivity contribution in [1.82, 2.24) is 0 Å². The first-order chi connectivity index (χ1) is 27.0. The summed E-state index contributed by atoms with van der Waals surface area (Å²) >= 11 is 0. The predicted octanol–water partition coefficient (Wildman–Crippen LogP) is 12.1. The third kappa shape index (κ3) is 4.37. The van der Waals surface area contributed by atoms with E-state index >= 15 is 0 Å². The third-order valence-electron chi connectivity index (χ3n) is 13.7. The van der Waals surface area contributed by atoms with Crippen LogP contribution in [0.25, 0.3) is 33.4 Å². The maximum absolute atomic E-state index is 6.48. The Hall–Kier alpha value is -5.68. The van der Waals surface area contributed by atoms with Crippen molar-refractivity contribution in [2.45, 2.75) is 63.6 Å². The molecule has 0 aromatic heterocycles. The number of hydrogen-bond donors (Lipinski definition) is 0. The minimum atomic E-state index is -0.428. The topological polar surface area (TPSA) is 21.7 Å². The quantitative estimate of drug-likeness (QED) is 0.169. The molecule has 3 nitrogen and oxygen atoms in total. The molecular weight excluding hydrogens is 681 g/mol. The number of anilines is 3. The summed E-state index contributed by atoms with van der Waals surface area (Å²) in [4.78, 5) is 2.44.